The van der Waals surface area contributed by atoms with Crippen LogP contribution in [0.2, 0.25) is 10.0 Å². The summed E-state index contributed by atoms with van der Waals surface area (Å²) in [6.07, 6.45) is 0.394. The van der Waals surface area contributed by atoms with Crippen LogP contribution in [-0.4, -0.2) is 48.6 Å². The Labute approximate surface area is 156 Å². The number of quaternary nitrogens is 1. The Bertz CT molecular complexity index is 700. The van der Waals surface area contributed by atoms with E-state index in [2.05, 4.69) is 0 Å². The number of likely N-dealkylation sites (tertiary alicyclic amines) is 1. The number of carbonyl (C=O) groups excluding carboxylic acids is 3. The summed E-state index contributed by atoms with van der Waals surface area (Å²) in [6, 6.07) is 4.80. The molecule has 1 aromatic rings. The second-order valence-electron chi connectivity index (χ2n) is 6.12. The molecule has 0 spiro atoms. The topological polar surface area (TPSA) is 63.7 Å². The Hall–Kier alpha value is -1.63. The molecule has 0 N–H and O–H groups in total. The second kappa shape index (κ2) is 7.72. The lowest BCUT2D eigenvalue weighted by molar-refractivity contribution is -0.787. The SMILES string of the molecule is COC(=O)[N+]1(C(C)=O)CCC(N(C(C)=O)c2ccc(Cl)cc2Cl)CC1. The number of piperidine rings is 1. The fourth-order valence-electron chi connectivity index (χ4n) is 3.35. The minimum absolute atomic E-state index is 0.157. The molecule has 1 aliphatic rings. The number of carbonyl (C=O) groups is 3. The first-order valence-corrected chi connectivity index (χ1v) is 8.70. The molecule has 0 aliphatic carbocycles. The first kappa shape index (κ1) is 19.7. The molecule has 1 saturated heterocycles. The molecule has 0 saturated carbocycles. The third kappa shape index (κ3) is 3.81. The zero-order chi connectivity index (χ0) is 18.8. The van der Waals surface area contributed by atoms with Crippen LogP contribution in [0.3, 0.4) is 0 Å². The van der Waals surface area contributed by atoms with Crippen molar-refractivity contribution in [1.82, 2.24) is 0 Å². The molecule has 3 amide bonds. The average molecular weight is 388 g/mol. The van der Waals surface area contributed by atoms with E-state index >= 15 is 0 Å². The van der Waals surface area contributed by atoms with Crippen LogP contribution in [0.4, 0.5) is 10.5 Å². The molecule has 0 bridgehead atoms. The van der Waals surface area contributed by atoms with Gasteiger partial charge >= 0.3 is 12.0 Å². The van der Waals surface area contributed by atoms with E-state index in [9.17, 15) is 14.4 Å². The summed E-state index contributed by atoms with van der Waals surface area (Å²) in [5, 5.41) is 0.868. The maximum absolute atomic E-state index is 12.2. The fraction of sp³-hybridized carbons (Fsp3) is 0.471. The summed E-state index contributed by atoms with van der Waals surface area (Å²) >= 11 is 12.2. The van der Waals surface area contributed by atoms with Crippen molar-refractivity contribution in [2.75, 3.05) is 25.1 Å². The van der Waals surface area contributed by atoms with Gasteiger partial charge in [0.25, 0.3) is 0 Å². The quantitative estimate of drug-likeness (QED) is 0.726. The number of methoxy groups -OCH3 is 1. The first-order chi connectivity index (χ1) is 11.7. The van der Waals surface area contributed by atoms with Gasteiger partial charge in [0, 0.05) is 30.8 Å². The molecule has 1 heterocycles. The number of hydrogen-bond acceptors (Lipinski definition) is 4. The van der Waals surface area contributed by atoms with Gasteiger partial charge in [0.1, 0.15) is 0 Å². The third-order valence-corrected chi connectivity index (χ3v) is 5.23. The standard InChI is InChI=1S/C17H21Cl2N2O4/c1-11(22)20(16-5-4-13(18)10-15(16)19)14-6-8-21(9-7-14,12(2)23)17(24)25-3/h4-5,10,14H,6-9H2,1-3H3/q+1. The zero-order valence-corrected chi connectivity index (χ0v) is 15.9. The van der Waals surface area contributed by atoms with E-state index in [1.807, 2.05) is 0 Å². The lowest BCUT2D eigenvalue weighted by Gasteiger charge is -2.40. The van der Waals surface area contributed by atoms with E-state index in [0.717, 1.165) is 0 Å². The molecule has 0 atom stereocenters. The van der Waals surface area contributed by atoms with Crippen molar-refractivity contribution in [3.63, 3.8) is 0 Å². The van der Waals surface area contributed by atoms with Crippen LogP contribution in [-0.2, 0) is 14.3 Å². The number of rotatable bonds is 2. The number of nitrogens with zero attached hydrogens (tertiary/aromatic N) is 2. The normalized spacial score (nSPS) is 23.0. The first-order valence-electron chi connectivity index (χ1n) is 7.94. The predicted molar refractivity (Wildman–Crippen MR) is 95.7 cm³/mol. The number of anilines is 1. The Morgan fingerprint density at radius 1 is 1.16 bits per heavy atom. The molecule has 0 unspecified atom stereocenters. The number of benzene rings is 1. The van der Waals surface area contributed by atoms with Crippen molar-refractivity contribution in [2.24, 2.45) is 0 Å². The molecule has 1 fully saturated rings. The minimum Gasteiger partial charge on any atom is -0.423 e. The number of imide groups is 1. The molecule has 0 aromatic heterocycles. The van der Waals surface area contributed by atoms with Crippen molar-refractivity contribution < 1.29 is 23.6 Å². The highest BCUT2D eigenvalue weighted by atomic mass is 35.5. The molecule has 6 nitrogen and oxygen atoms in total. The highest BCUT2D eigenvalue weighted by Gasteiger charge is 2.48. The summed E-state index contributed by atoms with van der Waals surface area (Å²) in [5.41, 5.74) is 0.574. The summed E-state index contributed by atoms with van der Waals surface area (Å²) in [6.45, 7) is 3.41. The van der Waals surface area contributed by atoms with Crippen LogP contribution in [0, 0.1) is 0 Å². The van der Waals surface area contributed by atoms with Crippen LogP contribution >= 0.6 is 23.2 Å². The highest BCUT2D eigenvalue weighted by Crippen LogP contribution is 2.34. The van der Waals surface area contributed by atoms with Crippen molar-refractivity contribution in [1.29, 1.82) is 0 Å². The van der Waals surface area contributed by atoms with Crippen LogP contribution in [0.15, 0.2) is 18.2 Å². The van der Waals surface area contributed by atoms with Gasteiger partial charge in [-0.25, -0.2) is 4.79 Å². The van der Waals surface area contributed by atoms with Crippen LogP contribution < -0.4 is 4.90 Å². The minimum atomic E-state index is -0.565. The van der Waals surface area contributed by atoms with Gasteiger partial charge in [0.15, 0.2) is 0 Å². The van der Waals surface area contributed by atoms with Crippen LogP contribution in [0.1, 0.15) is 26.7 Å². The van der Waals surface area contributed by atoms with E-state index in [-0.39, 0.29) is 35.4 Å². The summed E-state index contributed by atoms with van der Waals surface area (Å²) in [5.74, 6) is -0.417. The number of amides is 3. The smallest absolute Gasteiger partial charge is 0.423 e. The largest absolute Gasteiger partial charge is 0.523 e. The van der Waals surface area contributed by atoms with E-state index in [1.54, 1.807) is 23.1 Å². The maximum atomic E-state index is 12.2. The predicted octanol–water partition coefficient (Wildman–Crippen LogP) is 3.64. The van der Waals surface area contributed by atoms with E-state index in [4.69, 9.17) is 27.9 Å². The Morgan fingerprint density at radius 3 is 2.20 bits per heavy atom. The lowest BCUT2D eigenvalue weighted by Crippen LogP contribution is -2.62. The summed E-state index contributed by atoms with van der Waals surface area (Å²) in [7, 11) is 1.27. The Balaban J connectivity index is 2.28. The Kier molecular flexibility index (Phi) is 6.08. The molecule has 2 rings (SSSR count). The molecule has 0 radical (unpaired) electrons. The van der Waals surface area contributed by atoms with Gasteiger partial charge in [-0.2, -0.15) is 9.28 Å². The summed E-state index contributed by atoms with van der Waals surface area (Å²) in [4.78, 5) is 38.0. The molecular formula is C17H21Cl2N2O4+. The Morgan fingerprint density at radius 2 is 1.76 bits per heavy atom. The van der Waals surface area contributed by atoms with Crippen LogP contribution in [0.5, 0.6) is 0 Å². The third-order valence-electron chi connectivity index (χ3n) is 4.69. The van der Waals surface area contributed by atoms with Gasteiger partial charge in [-0.1, -0.05) is 23.2 Å². The highest BCUT2D eigenvalue weighted by molar-refractivity contribution is 6.36. The van der Waals surface area contributed by atoms with Crippen molar-refractivity contribution in [2.45, 2.75) is 32.7 Å². The summed E-state index contributed by atoms with van der Waals surface area (Å²) < 4.78 is 4.46. The van der Waals surface area contributed by atoms with Gasteiger partial charge in [-0.05, 0) is 18.2 Å². The van der Waals surface area contributed by atoms with Gasteiger partial charge in [-0.3, -0.25) is 4.79 Å². The van der Waals surface area contributed by atoms with Gasteiger partial charge in [0.2, 0.25) is 5.91 Å². The number of hydrogen-bond donors (Lipinski definition) is 0. The monoisotopic (exact) mass is 387 g/mol. The molecular weight excluding hydrogens is 367 g/mol. The van der Waals surface area contributed by atoms with E-state index in [1.165, 1.54) is 21.0 Å². The van der Waals surface area contributed by atoms with E-state index in [0.29, 0.717) is 28.6 Å². The van der Waals surface area contributed by atoms with Crippen LogP contribution in [0.25, 0.3) is 0 Å². The maximum Gasteiger partial charge on any atom is 0.523 e. The van der Waals surface area contributed by atoms with E-state index < -0.39 is 6.09 Å². The average Bonchev–Trinajstić information content (AvgIpc) is 2.56. The molecule has 1 aromatic carbocycles. The van der Waals surface area contributed by atoms with Crippen molar-refractivity contribution in [3.05, 3.63) is 28.2 Å². The van der Waals surface area contributed by atoms with Gasteiger partial charge in [0.05, 0.1) is 37.8 Å². The van der Waals surface area contributed by atoms with Gasteiger partial charge < -0.3 is 9.64 Å². The van der Waals surface area contributed by atoms with Crippen molar-refractivity contribution >= 4 is 46.8 Å². The van der Waals surface area contributed by atoms with Gasteiger partial charge in [-0.15, -0.1) is 0 Å². The van der Waals surface area contributed by atoms with Crippen molar-refractivity contribution in [3.8, 4) is 0 Å². The lowest BCUT2D eigenvalue weighted by atomic mass is 9.99. The number of halogens is 2. The second-order valence-corrected chi connectivity index (χ2v) is 6.96. The molecule has 136 valence electrons. The zero-order valence-electron chi connectivity index (χ0n) is 14.4. The molecule has 8 heteroatoms. The fourth-order valence-corrected chi connectivity index (χ4v) is 3.85. The molecule has 1 aliphatic heterocycles. The number of ether oxygens (including phenoxy) is 1. The molecule has 25 heavy (non-hydrogen) atoms.